The number of carbonyl (C=O) groups is 2. The highest BCUT2D eigenvalue weighted by molar-refractivity contribution is 9.12. The third-order valence-corrected chi connectivity index (χ3v) is 6.25. The molecule has 0 aromatic heterocycles. The molecule has 2 N–H and O–H groups in total. The topological polar surface area (TPSA) is 85.9 Å². The average molecular weight is 538 g/mol. The lowest BCUT2D eigenvalue weighted by Gasteiger charge is -2.42. The van der Waals surface area contributed by atoms with Crippen molar-refractivity contribution >= 4 is 39.2 Å². The molecule has 1 heterocycles. The molecule has 7 nitrogen and oxygen atoms in total. The van der Waals surface area contributed by atoms with Crippen LogP contribution >= 0.6 is 27.5 Å². The molecule has 0 radical (unpaired) electrons. The van der Waals surface area contributed by atoms with E-state index in [1.807, 2.05) is 36.4 Å². The van der Waals surface area contributed by atoms with Crippen LogP contribution in [-0.4, -0.2) is 43.8 Å². The molecular formula is C24H26BrClN2O5. The summed E-state index contributed by atoms with van der Waals surface area (Å²) >= 11 is 9.33. The number of hydrogen-bond acceptors (Lipinski definition) is 6. The van der Waals surface area contributed by atoms with Gasteiger partial charge in [-0.15, -0.1) is 0 Å². The van der Waals surface area contributed by atoms with E-state index < -0.39 is 23.8 Å². The van der Waals surface area contributed by atoms with Gasteiger partial charge in [0, 0.05) is 38.4 Å². The van der Waals surface area contributed by atoms with E-state index in [0.29, 0.717) is 5.02 Å². The number of hydrogen-bond donors (Lipinski definition) is 2. The van der Waals surface area contributed by atoms with Crippen LogP contribution in [0.2, 0.25) is 5.02 Å². The second-order valence-electron chi connectivity index (χ2n) is 7.57. The van der Waals surface area contributed by atoms with E-state index in [2.05, 4.69) is 26.6 Å². The Bertz CT molecular complexity index is 999. The summed E-state index contributed by atoms with van der Waals surface area (Å²) in [6.07, 6.45) is -0.394. The molecule has 0 spiro atoms. The minimum Gasteiger partial charge on any atom is -0.374 e. The lowest BCUT2D eigenvalue weighted by Crippen LogP contribution is -2.68. The zero-order valence-electron chi connectivity index (χ0n) is 18.3. The van der Waals surface area contributed by atoms with E-state index in [1.54, 1.807) is 18.2 Å². The molecule has 0 fully saturated rings. The van der Waals surface area contributed by atoms with Gasteiger partial charge in [-0.25, -0.2) is 0 Å². The fourth-order valence-corrected chi connectivity index (χ4v) is 4.15. The Hall–Kier alpha value is -2.23. The van der Waals surface area contributed by atoms with E-state index in [-0.39, 0.29) is 29.8 Å². The predicted octanol–water partition coefficient (Wildman–Crippen LogP) is 3.70. The molecule has 3 rings (SSSR count). The second-order valence-corrected chi connectivity index (χ2v) is 8.86. The molecule has 0 bridgehead atoms. The van der Waals surface area contributed by atoms with Crippen molar-refractivity contribution in [3.8, 4) is 0 Å². The van der Waals surface area contributed by atoms with Gasteiger partial charge in [0.2, 0.25) is 11.7 Å². The highest BCUT2D eigenvalue weighted by atomic mass is 79.9. The minimum atomic E-state index is -1.47. The Kier molecular flexibility index (Phi) is 9.05. The van der Waals surface area contributed by atoms with Crippen molar-refractivity contribution in [3.63, 3.8) is 0 Å². The van der Waals surface area contributed by atoms with Gasteiger partial charge < -0.3 is 24.8 Å². The summed E-state index contributed by atoms with van der Waals surface area (Å²) in [6.45, 7) is 0.366. The predicted molar refractivity (Wildman–Crippen MR) is 129 cm³/mol. The van der Waals surface area contributed by atoms with E-state index >= 15 is 0 Å². The molecule has 176 valence electrons. The summed E-state index contributed by atoms with van der Waals surface area (Å²) in [4.78, 5) is 26.8. The third-order valence-electron chi connectivity index (χ3n) is 5.40. The summed E-state index contributed by atoms with van der Waals surface area (Å²) in [6, 6.07) is 16.6. The van der Waals surface area contributed by atoms with E-state index in [9.17, 15) is 9.59 Å². The van der Waals surface area contributed by atoms with Crippen LogP contribution in [0.3, 0.4) is 0 Å². The molecule has 2 atom stereocenters. The maximum Gasteiger partial charge on any atom is 0.249 e. The number of carbonyl (C=O) groups excluding carboxylic acids is 2. The Morgan fingerprint density at radius 1 is 1.15 bits per heavy atom. The Morgan fingerprint density at radius 2 is 1.85 bits per heavy atom. The van der Waals surface area contributed by atoms with Crippen molar-refractivity contribution in [3.05, 3.63) is 81.4 Å². The van der Waals surface area contributed by atoms with E-state index in [0.717, 1.165) is 11.1 Å². The summed E-state index contributed by atoms with van der Waals surface area (Å²) in [5, 5.41) is 6.57. The molecule has 1 aliphatic rings. The first-order chi connectivity index (χ1) is 15.9. The van der Waals surface area contributed by atoms with Gasteiger partial charge >= 0.3 is 0 Å². The molecule has 33 heavy (non-hydrogen) atoms. The number of Topliss-reactive ketones (excluding diaryl/α,β-unsaturated/α-hetero) is 1. The molecule has 0 saturated carbocycles. The molecule has 9 heteroatoms. The largest absolute Gasteiger partial charge is 0.374 e. The first-order valence-corrected chi connectivity index (χ1v) is 11.5. The smallest absolute Gasteiger partial charge is 0.249 e. The summed E-state index contributed by atoms with van der Waals surface area (Å²) < 4.78 is 17.1. The highest BCUT2D eigenvalue weighted by Crippen LogP contribution is 2.31. The number of benzene rings is 2. The summed E-state index contributed by atoms with van der Waals surface area (Å²) in [5.74, 6) is -0.780. The van der Waals surface area contributed by atoms with E-state index in [4.69, 9.17) is 25.8 Å². The number of ether oxygens (including phenoxy) is 3. The van der Waals surface area contributed by atoms with Crippen molar-refractivity contribution in [2.24, 2.45) is 0 Å². The van der Waals surface area contributed by atoms with Crippen molar-refractivity contribution in [1.29, 1.82) is 0 Å². The van der Waals surface area contributed by atoms with Crippen LogP contribution in [0.5, 0.6) is 0 Å². The molecule has 2 aromatic rings. The van der Waals surface area contributed by atoms with Gasteiger partial charge in [0.1, 0.15) is 0 Å². The van der Waals surface area contributed by atoms with Gasteiger partial charge in [-0.3, -0.25) is 9.59 Å². The molecular weight excluding hydrogens is 512 g/mol. The van der Waals surface area contributed by atoms with Crippen LogP contribution in [0.4, 0.5) is 0 Å². The van der Waals surface area contributed by atoms with Gasteiger partial charge in [0.25, 0.3) is 0 Å². The van der Waals surface area contributed by atoms with Crippen LogP contribution < -0.4 is 10.6 Å². The minimum absolute atomic E-state index is 0.0311. The average Bonchev–Trinajstić information content (AvgIpc) is 2.83. The zero-order valence-corrected chi connectivity index (χ0v) is 20.7. The number of methoxy groups -OCH3 is 2. The van der Waals surface area contributed by atoms with Gasteiger partial charge in [-0.2, -0.15) is 0 Å². The highest BCUT2D eigenvalue weighted by Gasteiger charge is 2.53. The first kappa shape index (κ1) is 25.4. The number of ketones is 1. The van der Waals surface area contributed by atoms with Gasteiger partial charge in [0.05, 0.1) is 11.1 Å². The van der Waals surface area contributed by atoms with Gasteiger partial charge in [-0.1, -0.05) is 54.1 Å². The van der Waals surface area contributed by atoms with Gasteiger partial charge in [0.15, 0.2) is 17.9 Å². The molecule has 1 amide bonds. The monoisotopic (exact) mass is 536 g/mol. The van der Waals surface area contributed by atoms with Crippen LogP contribution in [0.25, 0.3) is 0 Å². The fourth-order valence-electron chi connectivity index (χ4n) is 3.62. The van der Waals surface area contributed by atoms with Crippen molar-refractivity contribution in [2.75, 3.05) is 14.2 Å². The van der Waals surface area contributed by atoms with Crippen LogP contribution in [0, 0.1) is 0 Å². The Labute approximate surface area is 206 Å². The van der Waals surface area contributed by atoms with Gasteiger partial charge in [-0.05, 0) is 39.2 Å². The lowest BCUT2D eigenvalue weighted by atomic mass is 9.82. The van der Waals surface area contributed by atoms with E-state index in [1.165, 1.54) is 20.4 Å². The summed E-state index contributed by atoms with van der Waals surface area (Å²) in [5.41, 5.74) is 0.221. The van der Waals surface area contributed by atoms with Crippen LogP contribution in [0.1, 0.15) is 17.5 Å². The quantitative estimate of drug-likeness (QED) is 0.450. The number of nitrogens with one attached hydrogen (secondary N) is 2. The van der Waals surface area contributed by atoms with Crippen molar-refractivity contribution in [2.45, 2.75) is 37.5 Å². The normalized spacial score (nSPS) is 20.3. The Morgan fingerprint density at radius 3 is 2.52 bits per heavy atom. The maximum atomic E-state index is 13.6. The van der Waals surface area contributed by atoms with Crippen LogP contribution in [-0.2, 0) is 37.0 Å². The number of halogens is 2. The summed E-state index contributed by atoms with van der Waals surface area (Å²) in [7, 11) is 2.95. The Balaban J connectivity index is 1.91. The van der Waals surface area contributed by atoms with Crippen molar-refractivity contribution in [1.82, 2.24) is 10.6 Å². The van der Waals surface area contributed by atoms with Crippen LogP contribution in [0.15, 0.2) is 65.3 Å². The molecule has 1 aliphatic heterocycles. The number of amides is 1. The molecule has 0 aliphatic carbocycles. The lowest BCUT2D eigenvalue weighted by molar-refractivity contribution is -0.162. The molecule has 2 aromatic carbocycles. The molecule has 0 saturated heterocycles. The third kappa shape index (κ3) is 6.22. The maximum absolute atomic E-state index is 13.6. The molecule has 2 unspecified atom stereocenters. The van der Waals surface area contributed by atoms with Crippen molar-refractivity contribution < 1.29 is 23.8 Å². The second kappa shape index (κ2) is 11.8. The first-order valence-electron chi connectivity index (χ1n) is 10.3. The zero-order chi connectivity index (χ0) is 23.8. The number of rotatable bonds is 10. The fraction of sp³-hybridized carbons (Fsp3) is 0.333. The standard InChI is InChI=1S/C24H26BrClN2O5/c1-31-20(32-2)12-24(23(30)27-13-17-9-6-10-18(26)11-17)22(21(29)19(25)14-28-24)33-15-16-7-4-3-5-8-16/h3-11,14,20,22,28H,12-13,15H2,1-2H3,(H,27,30). The SMILES string of the molecule is COC(CC1(C(=O)NCc2cccc(Cl)c2)NC=C(Br)C(=O)C1OCc1ccccc1)OC.